The Morgan fingerprint density at radius 3 is 2.23 bits per heavy atom. The van der Waals surface area contributed by atoms with Crippen molar-refractivity contribution in [3.63, 3.8) is 0 Å². The third kappa shape index (κ3) is 4.41. The highest BCUT2D eigenvalue weighted by molar-refractivity contribution is 7.98. The first kappa shape index (κ1) is 21.0. The van der Waals surface area contributed by atoms with Crippen LogP contribution in [0.3, 0.4) is 0 Å². The molecule has 5 nitrogen and oxygen atoms in total. The van der Waals surface area contributed by atoms with Crippen LogP contribution < -0.4 is 10.1 Å². The molecule has 0 aliphatic carbocycles. The molecule has 0 saturated heterocycles. The van der Waals surface area contributed by atoms with E-state index in [1.54, 1.807) is 6.20 Å². The zero-order valence-electron chi connectivity index (χ0n) is 16.5. The van der Waals surface area contributed by atoms with Gasteiger partial charge in [0, 0.05) is 16.2 Å². The maximum atomic E-state index is 6.10. The van der Waals surface area contributed by atoms with E-state index in [2.05, 4.69) is 15.3 Å². The molecule has 0 spiro atoms. The Hall–Kier alpha value is -2.28. The lowest BCUT2D eigenvalue weighted by Crippen LogP contribution is -2.26. The largest absolute Gasteiger partial charge is 0.477 e. The van der Waals surface area contributed by atoms with Gasteiger partial charge in [0.1, 0.15) is 11.9 Å². The molecule has 4 rings (SSSR count). The highest BCUT2D eigenvalue weighted by atomic mass is 35.5. The quantitative estimate of drug-likeness (QED) is 0.377. The molecule has 1 N–H and O–H groups in total. The summed E-state index contributed by atoms with van der Waals surface area (Å²) in [5.41, 5.74) is 2.88. The van der Waals surface area contributed by atoms with Crippen LogP contribution in [0.4, 0.5) is 0 Å². The van der Waals surface area contributed by atoms with Crippen molar-refractivity contribution < 1.29 is 4.74 Å². The summed E-state index contributed by atoms with van der Waals surface area (Å²) in [7, 11) is 0. The second-order valence-electron chi connectivity index (χ2n) is 6.66. The monoisotopic (exact) mass is 458 g/mol. The molecule has 30 heavy (non-hydrogen) atoms. The molecule has 0 radical (unpaired) electrons. The Morgan fingerprint density at radius 1 is 1.00 bits per heavy atom. The molecular weight excluding hydrogens is 439 g/mol. The topological polar surface area (TPSA) is 59.4 Å². The van der Waals surface area contributed by atoms with Gasteiger partial charge in [-0.05, 0) is 48.6 Å². The number of aliphatic imine (C=N–C) groups is 1. The van der Waals surface area contributed by atoms with E-state index in [1.807, 2.05) is 61.7 Å². The van der Waals surface area contributed by atoms with Crippen LogP contribution in [0.5, 0.6) is 5.88 Å². The van der Waals surface area contributed by atoms with Crippen molar-refractivity contribution in [1.82, 2.24) is 15.3 Å². The molecule has 2 atom stereocenters. The summed E-state index contributed by atoms with van der Waals surface area (Å²) in [4.78, 5) is 13.9. The molecule has 0 saturated carbocycles. The third-order valence-electron chi connectivity index (χ3n) is 4.77. The maximum Gasteiger partial charge on any atom is 0.228 e. The first-order valence-corrected chi connectivity index (χ1v) is 11.5. The van der Waals surface area contributed by atoms with Gasteiger partial charge in [0.15, 0.2) is 5.16 Å². The number of ether oxygens (including phenoxy) is 1. The van der Waals surface area contributed by atoms with Crippen LogP contribution in [0.2, 0.25) is 10.0 Å². The number of nitrogens with one attached hydrogen (secondary N) is 1. The normalized spacial score (nSPS) is 18.1. The summed E-state index contributed by atoms with van der Waals surface area (Å²) >= 11 is 13.7. The number of aromatic nitrogens is 2. The van der Waals surface area contributed by atoms with Crippen molar-refractivity contribution in [1.29, 1.82) is 0 Å². The minimum absolute atomic E-state index is 0.0758. The Morgan fingerprint density at radius 2 is 1.63 bits per heavy atom. The molecule has 0 fully saturated rings. The summed E-state index contributed by atoms with van der Waals surface area (Å²) in [5, 5.41) is 5.59. The highest BCUT2D eigenvalue weighted by Gasteiger charge is 2.33. The second-order valence-corrected chi connectivity index (χ2v) is 8.30. The van der Waals surface area contributed by atoms with E-state index in [9.17, 15) is 0 Å². The SMILES string of the molecule is CCOc1nc(SC)ncc1C1=NC(c2ccc(Cl)cc2)C(c2ccc(Cl)cc2)N1. The third-order valence-corrected chi connectivity index (χ3v) is 5.83. The Bertz CT molecular complexity index is 1060. The van der Waals surface area contributed by atoms with Crippen LogP contribution >= 0.6 is 35.0 Å². The lowest BCUT2D eigenvalue weighted by molar-refractivity contribution is 0.322. The zero-order chi connectivity index (χ0) is 21.1. The molecule has 8 heteroatoms. The number of amidine groups is 1. The number of rotatable bonds is 6. The van der Waals surface area contributed by atoms with E-state index in [1.165, 1.54) is 11.8 Å². The van der Waals surface area contributed by atoms with Gasteiger partial charge in [-0.2, -0.15) is 4.98 Å². The van der Waals surface area contributed by atoms with Crippen LogP contribution in [0.1, 0.15) is 35.7 Å². The molecule has 2 heterocycles. The fourth-order valence-corrected chi connectivity index (χ4v) is 3.93. The first-order valence-electron chi connectivity index (χ1n) is 9.48. The summed E-state index contributed by atoms with van der Waals surface area (Å²) < 4.78 is 5.79. The minimum atomic E-state index is -0.145. The summed E-state index contributed by atoms with van der Waals surface area (Å²) in [5.74, 6) is 1.22. The van der Waals surface area contributed by atoms with Crippen molar-refractivity contribution >= 4 is 40.8 Å². The molecule has 154 valence electrons. The van der Waals surface area contributed by atoms with Gasteiger partial charge in [0.25, 0.3) is 0 Å². The summed E-state index contributed by atoms with van der Waals surface area (Å²) in [6.45, 7) is 2.44. The fraction of sp³-hybridized carbons (Fsp3) is 0.227. The van der Waals surface area contributed by atoms with Gasteiger partial charge in [-0.1, -0.05) is 59.2 Å². The second kappa shape index (κ2) is 9.25. The molecule has 2 unspecified atom stereocenters. The zero-order valence-corrected chi connectivity index (χ0v) is 18.8. The number of hydrogen-bond acceptors (Lipinski definition) is 6. The standard InChI is InChI=1S/C22H20Cl2N4OS/c1-3-29-21-17(12-25-22(28-21)30-2)20-26-18(13-4-8-15(23)9-5-13)19(27-20)14-6-10-16(24)11-7-14/h4-12,18-19H,3H2,1-2H3,(H,26,27). The predicted octanol–water partition coefficient (Wildman–Crippen LogP) is 5.74. The summed E-state index contributed by atoms with van der Waals surface area (Å²) in [6, 6.07) is 15.3. The predicted molar refractivity (Wildman–Crippen MR) is 123 cm³/mol. The maximum absolute atomic E-state index is 6.10. The van der Waals surface area contributed by atoms with Crippen molar-refractivity contribution in [3.8, 4) is 5.88 Å². The lowest BCUT2D eigenvalue weighted by Gasteiger charge is -2.20. The van der Waals surface area contributed by atoms with Crippen LogP contribution in [0, 0.1) is 0 Å². The average Bonchev–Trinajstić information content (AvgIpc) is 3.20. The molecular formula is C22H20Cl2N4OS. The highest BCUT2D eigenvalue weighted by Crippen LogP contribution is 2.38. The van der Waals surface area contributed by atoms with E-state index in [0.29, 0.717) is 33.5 Å². The van der Waals surface area contributed by atoms with E-state index < -0.39 is 0 Å². The Kier molecular flexibility index (Phi) is 6.46. The minimum Gasteiger partial charge on any atom is -0.477 e. The van der Waals surface area contributed by atoms with Gasteiger partial charge in [0.05, 0.1) is 18.2 Å². The molecule has 1 aromatic heterocycles. The smallest absolute Gasteiger partial charge is 0.228 e. The van der Waals surface area contributed by atoms with Gasteiger partial charge in [0.2, 0.25) is 5.88 Å². The van der Waals surface area contributed by atoms with Gasteiger partial charge in [-0.25, -0.2) is 4.98 Å². The van der Waals surface area contributed by atoms with Crippen LogP contribution in [0.25, 0.3) is 0 Å². The van der Waals surface area contributed by atoms with Gasteiger partial charge < -0.3 is 10.1 Å². The van der Waals surface area contributed by atoms with Crippen LogP contribution in [-0.2, 0) is 0 Å². The number of benzene rings is 2. The Labute approximate surface area is 189 Å². The van der Waals surface area contributed by atoms with Gasteiger partial charge in [-0.3, -0.25) is 4.99 Å². The first-order chi connectivity index (χ1) is 14.6. The van der Waals surface area contributed by atoms with Crippen molar-refractivity contribution in [2.45, 2.75) is 24.2 Å². The Balaban J connectivity index is 1.76. The van der Waals surface area contributed by atoms with Crippen molar-refractivity contribution in [3.05, 3.63) is 81.5 Å². The van der Waals surface area contributed by atoms with E-state index in [-0.39, 0.29) is 12.1 Å². The molecule has 2 aromatic carbocycles. The van der Waals surface area contributed by atoms with Crippen LogP contribution in [-0.4, -0.2) is 28.7 Å². The molecule has 0 amide bonds. The molecule has 3 aromatic rings. The van der Waals surface area contributed by atoms with Crippen LogP contribution in [0.15, 0.2) is 64.9 Å². The number of thioether (sulfide) groups is 1. The number of hydrogen-bond donors (Lipinski definition) is 1. The van der Waals surface area contributed by atoms with E-state index >= 15 is 0 Å². The molecule has 1 aliphatic heterocycles. The lowest BCUT2D eigenvalue weighted by atomic mass is 9.95. The van der Waals surface area contributed by atoms with E-state index in [4.69, 9.17) is 32.9 Å². The van der Waals surface area contributed by atoms with E-state index in [0.717, 1.165) is 16.7 Å². The fourth-order valence-electron chi connectivity index (χ4n) is 3.35. The van der Waals surface area contributed by atoms with Crippen molar-refractivity contribution in [2.75, 3.05) is 12.9 Å². The average molecular weight is 459 g/mol. The van der Waals surface area contributed by atoms with Gasteiger partial charge >= 0.3 is 0 Å². The molecule has 0 bridgehead atoms. The van der Waals surface area contributed by atoms with Gasteiger partial charge in [-0.15, -0.1) is 0 Å². The number of nitrogens with zero attached hydrogens (tertiary/aromatic N) is 3. The van der Waals surface area contributed by atoms with Crippen molar-refractivity contribution in [2.24, 2.45) is 4.99 Å². The molecule has 1 aliphatic rings. The summed E-state index contributed by atoms with van der Waals surface area (Å²) in [6.07, 6.45) is 3.70. The number of halogens is 2.